The molecule has 0 saturated heterocycles. The van der Waals surface area contributed by atoms with Gasteiger partial charge >= 0.3 is 0 Å². The third-order valence-electron chi connectivity index (χ3n) is 1.43. The second kappa shape index (κ2) is 4.26. The zero-order valence-electron chi connectivity index (χ0n) is 7.46. The number of carbonyl (C=O) groups is 1. The summed E-state index contributed by atoms with van der Waals surface area (Å²) in [6.45, 7) is 3.41. The smallest absolute Gasteiger partial charge is 0.296 e. The van der Waals surface area contributed by atoms with Crippen molar-refractivity contribution < 1.29 is 4.79 Å². The van der Waals surface area contributed by atoms with Gasteiger partial charge in [0.25, 0.3) is 5.91 Å². The maximum Gasteiger partial charge on any atom is 0.296 e. The average Bonchev–Trinajstić information content (AvgIpc) is 2.55. The van der Waals surface area contributed by atoms with E-state index in [1.54, 1.807) is 13.8 Å². The molecule has 1 heterocycles. The summed E-state index contributed by atoms with van der Waals surface area (Å²) in [5.41, 5.74) is 0. The molecule has 1 atom stereocenters. The van der Waals surface area contributed by atoms with Crippen LogP contribution in [-0.2, 0) is 4.79 Å². The Hall–Kier alpha value is -1.83. The summed E-state index contributed by atoms with van der Waals surface area (Å²) < 4.78 is 0. The molecule has 0 bridgehead atoms. The second-order valence-corrected chi connectivity index (χ2v) is 2.44. The predicted octanol–water partition coefficient (Wildman–Crippen LogP) is 0.00520. The van der Waals surface area contributed by atoms with Crippen molar-refractivity contribution in [3.8, 4) is 11.8 Å². The maximum absolute atomic E-state index is 11.0. The number of aromatic amines is 1. The highest BCUT2D eigenvalue weighted by molar-refractivity contribution is 5.93. The first-order valence-corrected chi connectivity index (χ1v) is 3.82. The molecule has 0 fully saturated rings. The third kappa shape index (κ3) is 2.60. The highest BCUT2D eigenvalue weighted by Crippen LogP contribution is 2.02. The molecule has 0 spiro atoms. The molecule has 1 amide bonds. The van der Waals surface area contributed by atoms with Crippen LogP contribution in [0.2, 0.25) is 0 Å². The summed E-state index contributed by atoms with van der Waals surface area (Å²) in [5.74, 6) is 5.19. The van der Waals surface area contributed by atoms with Crippen LogP contribution in [0.3, 0.4) is 0 Å². The number of nitrogens with zero attached hydrogens (tertiary/aromatic N) is 2. The summed E-state index contributed by atoms with van der Waals surface area (Å²) in [6, 6.07) is -0.198. The van der Waals surface area contributed by atoms with E-state index in [0.717, 1.165) is 0 Å². The van der Waals surface area contributed by atoms with Crippen LogP contribution in [0.15, 0.2) is 6.33 Å². The molecule has 5 nitrogen and oxygen atoms in total. The predicted molar refractivity (Wildman–Crippen MR) is 46.4 cm³/mol. The Morgan fingerprint density at radius 1 is 1.77 bits per heavy atom. The number of aromatic nitrogens is 3. The molecule has 13 heavy (non-hydrogen) atoms. The lowest BCUT2D eigenvalue weighted by Crippen LogP contribution is -2.25. The van der Waals surface area contributed by atoms with E-state index >= 15 is 0 Å². The second-order valence-electron chi connectivity index (χ2n) is 2.44. The molecule has 0 aromatic carbocycles. The first-order chi connectivity index (χ1) is 6.24. The zero-order chi connectivity index (χ0) is 9.68. The van der Waals surface area contributed by atoms with Crippen LogP contribution in [0.25, 0.3) is 0 Å². The average molecular weight is 178 g/mol. The largest absolute Gasteiger partial charge is 0.336 e. The lowest BCUT2D eigenvalue weighted by Gasteiger charge is -2.06. The van der Waals surface area contributed by atoms with Crippen molar-refractivity contribution in [2.75, 3.05) is 0 Å². The summed E-state index contributed by atoms with van der Waals surface area (Å²) in [7, 11) is 0. The van der Waals surface area contributed by atoms with Gasteiger partial charge in [-0.2, -0.15) is 5.10 Å². The Morgan fingerprint density at radius 3 is 3.08 bits per heavy atom. The standard InChI is InChI=1S/C8H10N4O/c1-3-4-7(13)11-6(2)8-9-5-10-12-8/h5-6H,1-2H3,(H,11,13)(H,9,10,12). The highest BCUT2D eigenvalue weighted by atomic mass is 16.1. The van der Waals surface area contributed by atoms with E-state index in [1.165, 1.54) is 6.33 Å². The monoisotopic (exact) mass is 178 g/mol. The van der Waals surface area contributed by atoms with Crippen LogP contribution < -0.4 is 5.32 Å². The van der Waals surface area contributed by atoms with Crippen LogP contribution in [0.1, 0.15) is 25.7 Å². The molecular weight excluding hydrogens is 168 g/mol. The summed E-state index contributed by atoms with van der Waals surface area (Å²) in [4.78, 5) is 14.9. The molecule has 1 rings (SSSR count). The van der Waals surface area contributed by atoms with Crippen molar-refractivity contribution in [2.24, 2.45) is 0 Å². The number of H-pyrrole nitrogens is 1. The van der Waals surface area contributed by atoms with Gasteiger partial charge in [-0.3, -0.25) is 9.89 Å². The minimum Gasteiger partial charge on any atom is -0.336 e. The van der Waals surface area contributed by atoms with E-state index < -0.39 is 0 Å². The molecule has 5 heteroatoms. The Labute approximate surface area is 75.9 Å². The van der Waals surface area contributed by atoms with Gasteiger partial charge in [-0.25, -0.2) is 4.98 Å². The maximum atomic E-state index is 11.0. The Kier molecular flexibility index (Phi) is 3.03. The van der Waals surface area contributed by atoms with Crippen LogP contribution in [0, 0.1) is 11.8 Å². The number of hydrogen-bond donors (Lipinski definition) is 2. The minimum absolute atomic E-state index is 0.198. The van der Waals surface area contributed by atoms with E-state index in [9.17, 15) is 4.79 Å². The fraction of sp³-hybridized carbons (Fsp3) is 0.375. The van der Waals surface area contributed by atoms with E-state index in [0.29, 0.717) is 5.82 Å². The molecule has 68 valence electrons. The van der Waals surface area contributed by atoms with Gasteiger partial charge in [0.1, 0.15) is 12.2 Å². The van der Waals surface area contributed by atoms with Gasteiger partial charge in [-0.05, 0) is 19.8 Å². The molecule has 1 unspecified atom stereocenters. The number of hydrogen-bond acceptors (Lipinski definition) is 3. The van der Waals surface area contributed by atoms with Gasteiger partial charge in [0.05, 0.1) is 6.04 Å². The van der Waals surface area contributed by atoms with Gasteiger partial charge in [0.15, 0.2) is 0 Å². The van der Waals surface area contributed by atoms with Crippen molar-refractivity contribution in [3.05, 3.63) is 12.2 Å². The van der Waals surface area contributed by atoms with Crippen molar-refractivity contribution in [2.45, 2.75) is 19.9 Å². The molecule has 0 saturated carbocycles. The van der Waals surface area contributed by atoms with Crippen LogP contribution >= 0.6 is 0 Å². The van der Waals surface area contributed by atoms with Gasteiger partial charge in [-0.1, -0.05) is 5.92 Å². The Bertz CT molecular complexity index is 333. The molecule has 0 aliphatic carbocycles. The zero-order valence-corrected chi connectivity index (χ0v) is 7.46. The summed E-state index contributed by atoms with van der Waals surface area (Å²) >= 11 is 0. The fourth-order valence-corrected chi connectivity index (χ4v) is 0.838. The fourth-order valence-electron chi connectivity index (χ4n) is 0.838. The third-order valence-corrected chi connectivity index (χ3v) is 1.43. The molecule has 1 aromatic rings. The van der Waals surface area contributed by atoms with Gasteiger partial charge in [-0.15, -0.1) is 0 Å². The normalized spacial score (nSPS) is 11.2. The quantitative estimate of drug-likeness (QED) is 0.626. The first kappa shape index (κ1) is 9.26. The van der Waals surface area contributed by atoms with Crippen LogP contribution in [-0.4, -0.2) is 21.1 Å². The van der Waals surface area contributed by atoms with E-state index in [1.807, 2.05) is 0 Å². The topological polar surface area (TPSA) is 70.7 Å². The van der Waals surface area contributed by atoms with Gasteiger partial charge in [0, 0.05) is 0 Å². The molecule has 0 aliphatic rings. The molecule has 1 aromatic heterocycles. The lowest BCUT2D eigenvalue weighted by molar-refractivity contribution is -0.116. The van der Waals surface area contributed by atoms with E-state index in [-0.39, 0.29) is 11.9 Å². The molecule has 2 N–H and O–H groups in total. The van der Waals surface area contributed by atoms with Crippen molar-refractivity contribution >= 4 is 5.91 Å². The number of amides is 1. The van der Waals surface area contributed by atoms with Crippen molar-refractivity contribution in [3.63, 3.8) is 0 Å². The lowest BCUT2D eigenvalue weighted by atomic mass is 10.3. The Balaban J connectivity index is 2.54. The summed E-state index contributed by atoms with van der Waals surface area (Å²) in [6.07, 6.45) is 1.39. The summed E-state index contributed by atoms with van der Waals surface area (Å²) in [5, 5.41) is 8.97. The van der Waals surface area contributed by atoms with Gasteiger partial charge < -0.3 is 5.32 Å². The van der Waals surface area contributed by atoms with Crippen LogP contribution in [0.5, 0.6) is 0 Å². The minimum atomic E-state index is -0.314. The first-order valence-electron chi connectivity index (χ1n) is 3.82. The molecule has 0 radical (unpaired) electrons. The number of nitrogens with one attached hydrogen (secondary N) is 2. The van der Waals surface area contributed by atoms with Crippen LogP contribution in [0.4, 0.5) is 0 Å². The van der Waals surface area contributed by atoms with Gasteiger partial charge in [0.2, 0.25) is 0 Å². The number of rotatable bonds is 2. The number of carbonyl (C=O) groups excluding carboxylic acids is 1. The molecular formula is C8H10N4O. The molecule has 0 aliphatic heterocycles. The van der Waals surface area contributed by atoms with E-state index in [4.69, 9.17) is 0 Å². The Morgan fingerprint density at radius 2 is 2.54 bits per heavy atom. The van der Waals surface area contributed by atoms with E-state index in [2.05, 4.69) is 32.3 Å². The van der Waals surface area contributed by atoms with Crippen molar-refractivity contribution in [1.29, 1.82) is 0 Å². The highest BCUT2D eigenvalue weighted by Gasteiger charge is 2.09. The SMILES string of the molecule is CC#CC(=O)NC(C)c1ncn[nH]1. The van der Waals surface area contributed by atoms with Crippen molar-refractivity contribution in [1.82, 2.24) is 20.5 Å².